The first-order valence-corrected chi connectivity index (χ1v) is 6.30. The molecule has 1 atom stereocenters. The largest absolute Gasteiger partial charge is 0.386 e. The third kappa shape index (κ3) is 4.20. The third-order valence-electron chi connectivity index (χ3n) is 2.32. The first kappa shape index (κ1) is 11.7. The molecule has 0 aliphatic rings. The van der Waals surface area contributed by atoms with Crippen molar-refractivity contribution in [2.75, 3.05) is 0 Å². The Hall–Kier alpha value is -0.410. The van der Waals surface area contributed by atoms with Crippen LogP contribution in [-0.2, 0) is 0 Å². The molecule has 0 aromatic carbocycles. The molecule has 80 valence electrons. The molecule has 0 aliphatic heterocycles. The summed E-state index contributed by atoms with van der Waals surface area (Å²) in [6.45, 7) is 2.21. The van der Waals surface area contributed by atoms with E-state index < -0.39 is 0 Å². The summed E-state index contributed by atoms with van der Waals surface area (Å²) in [6, 6.07) is 0. The average Bonchev–Trinajstić information content (AvgIpc) is 2.70. The van der Waals surface area contributed by atoms with Crippen molar-refractivity contribution in [1.29, 1.82) is 0 Å². The highest BCUT2D eigenvalue weighted by atomic mass is 32.1. The van der Waals surface area contributed by atoms with Crippen molar-refractivity contribution < 1.29 is 5.11 Å². The van der Waals surface area contributed by atoms with E-state index in [1.807, 2.05) is 5.38 Å². The molecular formula is C11H19NOS. The van der Waals surface area contributed by atoms with E-state index in [9.17, 15) is 5.11 Å². The Morgan fingerprint density at radius 3 is 2.79 bits per heavy atom. The van der Waals surface area contributed by atoms with Crippen molar-refractivity contribution in [2.45, 2.75) is 51.6 Å². The van der Waals surface area contributed by atoms with Crippen LogP contribution in [0.25, 0.3) is 0 Å². The molecule has 1 aromatic heterocycles. The Labute approximate surface area is 90.0 Å². The van der Waals surface area contributed by atoms with Crippen LogP contribution in [0.1, 0.15) is 56.6 Å². The van der Waals surface area contributed by atoms with Gasteiger partial charge in [0.1, 0.15) is 11.1 Å². The summed E-state index contributed by atoms with van der Waals surface area (Å²) in [4.78, 5) is 4.10. The molecule has 1 aromatic rings. The van der Waals surface area contributed by atoms with E-state index in [1.54, 1.807) is 6.20 Å². The van der Waals surface area contributed by atoms with Crippen molar-refractivity contribution in [2.24, 2.45) is 0 Å². The molecule has 0 unspecified atom stereocenters. The SMILES string of the molecule is CCCCCCC[C@H](O)c1nccs1. The lowest BCUT2D eigenvalue weighted by Gasteiger charge is -2.06. The number of hydrogen-bond donors (Lipinski definition) is 1. The van der Waals surface area contributed by atoms with Crippen LogP contribution in [0, 0.1) is 0 Å². The summed E-state index contributed by atoms with van der Waals surface area (Å²) in [7, 11) is 0. The van der Waals surface area contributed by atoms with Crippen molar-refractivity contribution in [3.05, 3.63) is 16.6 Å². The number of unbranched alkanes of at least 4 members (excludes halogenated alkanes) is 4. The van der Waals surface area contributed by atoms with Gasteiger partial charge in [0.05, 0.1) is 0 Å². The van der Waals surface area contributed by atoms with Gasteiger partial charge in [0, 0.05) is 11.6 Å². The van der Waals surface area contributed by atoms with Gasteiger partial charge < -0.3 is 5.11 Å². The van der Waals surface area contributed by atoms with Gasteiger partial charge in [-0.3, -0.25) is 0 Å². The van der Waals surface area contributed by atoms with Crippen LogP contribution >= 0.6 is 11.3 Å². The quantitative estimate of drug-likeness (QED) is 0.703. The third-order valence-corrected chi connectivity index (χ3v) is 3.19. The van der Waals surface area contributed by atoms with Gasteiger partial charge in [-0.15, -0.1) is 11.3 Å². The smallest absolute Gasteiger partial charge is 0.121 e. The summed E-state index contributed by atoms with van der Waals surface area (Å²) in [6.07, 6.45) is 8.49. The van der Waals surface area contributed by atoms with Crippen LogP contribution in [-0.4, -0.2) is 10.1 Å². The second-order valence-electron chi connectivity index (χ2n) is 3.59. The Balaban J connectivity index is 2.07. The maximum Gasteiger partial charge on any atom is 0.121 e. The molecule has 2 nitrogen and oxygen atoms in total. The molecule has 1 rings (SSSR count). The monoisotopic (exact) mass is 213 g/mol. The van der Waals surface area contributed by atoms with Crippen LogP contribution in [0.3, 0.4) is 0 Å². The zero-order valence-corrected chi connectivity index (χ0v) is 9.59. The Morgan fingerprint density at radius 2 is 2.14 bits per heavy atom. The molecule has 0 radical (unpaired) electrons. The normalized spacial score (nSPS) is 13.0. The van der Waals surface area contributed by atoms with Crippen LogP contribution in [0.15, 0.2) is 11.6 Å². The van der Waals surface area contributed by atoms with Crippen molar-refractivity contribution in [1.82, 2.24) is 4.98 Å². The van der Waals surface area contributed by atoms with E-state index in [0.717, 1.165) is 17.8 Å². The standard InChI is InChI=1S/C11H19NOS/c1-2-3-4-5-6-7-10(13)11-12-8-9-14-11/h8-10,13H,2-7H2,1H3/t10-/m0/s1. The van der Waals surface area contributed by atoms with Crippen molar-refractivity contribution in [3.8, 4) is 0 Å². The number of aliphatic hydroxyl groups excluding tert-OH is 1. The fraction of sp³-hybridized carbons (Fsp3) is 0.727. The van der Waals surface area contributed by atoms with Crippen LogP contribution in [0.5, 0.6) is 0 Å². The maximum atomic E-state index is 9.71. The number of aliphatic hydroxyl groups is 1. The molecule has 1 heterocycles. The van der Waals surface area contributed by atoms with Crippen LogP contribution < -0.4 is 0 Å². The minimum atomic E-state index is -0.336. The summed E-state index contributed by atoms with van der Waals surface area (Å²) >= 11 is 1.54. The number of hydrogen-bond acceptors (Lipinski definition) is 3. The van der Waals surface area contributed by atoms with Gasteiger partial charge in [-0.25, -0.2) is 4.98 Å². The lowest BCUT2D eigenvalue weighted by Crippen LogP contribution is -1.96. The average molecular weight is 213 g/mol. The highest BCUT2D eigenvalue weighted by molar-refractivity contribution is 7.09. The predicted molar refractivity (Wildman–Crippen MR) is 60.4 cm³/mol. The molecule has 0 spiro atoms. The molecule has 0 bridgehead atoms. The predicted octanol–water partition coefficient (Wildman–Crippen LogP) is 3.54. The number of aromatic nitrogens is 1. The fourth-order valence-corrected chi connectivity index (χ4v) is 2.12. The molecule has 14 heavy (non-hydrogen) atoms. The maximum absolute atomic E-state index is 9.71. The van der Waals surface area contributed by atoms with E-state index in [4.69, 9.17) is 0 Å². The van der Waals surface area contributed by atoms with E-state index in [2.05, 4.69) is 11.9 Å². The molecular weight excluding hydrogens is 194 g/mol. The molecule has 0 saturated heterocycles. The minimum Gasteiger partial charge on any atom is -0.386 e. The van der Waals surface area contributed by atoms with Gasteiger partial charge in [0.25, 0.3) is 0 Å². The van der Waals surface area contributed by atoms with Crippen LogP contribution in [0.4, 0.5) is 0 Å². The molecule has 0 aliphatic carbocycles. The van der Waals surface area contributed by atoms with Gasteiger partial charge in [-0.2, -0.15) is 0 Å². The summed E-state index contributed by atoms with van der Waals surface area (Å²) in [5.74, 6) is 0. The van der Waals surface area contributed by atoms with Crippen LogP contribution in [0.2, 0.25) is 0 Å². The molecule has 0 amide bonds. The van der Waals surface area contributed by atoms with Crippen molar-refractivity contribution >= 4 is 11.3 Å². The summed E-state index contributed by atoms with van der Waals surface area (Å²) in [5, 5.41) is 12.5. The highest BCUT2D eigenvalue weighted by Gasteiger charge is 2.08. The molecule has 1 N–H and O–H groups in total. The summed E-state index contributed by atoms with van der Waals surface area (Å²) in [5.41, 5.74) is 0. The zero-order valence-electron chi connectivity index (χ0n) is 8.78. The Bertz CT molecular complexity index is 223. The molecule has 0 fully saturated rings. The van der Waals surface area contributed by atoms with Gasteiger partial charge >= 0.3 is 0 Å². The van der Waals surface area contributed by atoms with E-state index in [0.29, 0.717) is 0 Å². The Kier molecular flexibility index (Phi) is 5.80. The second kappa shape index (κ2) is 6.96. The number of nitrogens with zero attached hydrogens (tertiary/aromatic N) is 1. The lowest BCUT2D eigenvalue weighted by molar-refractivity contribution is 0.163. The van der Waals surface area contributed by atoms with Gasteiger partial charge in [-0.05, 0) is 6.42 Å². The van der Waals surface area contributed by atoms with E-state index in [1.165, 1.54) is 37.0 Å². The van der Waals surface area contributed by atoms with E-state index >= 15 is 0 Å². The number of thiazole rings is 1. The number of rotatable bonds is 7. The van der Waals surface area contributed by atoms with Gasteiger partial charge in [0.2, 0.25) is 0 Å². The lowest BCUT2D eigenvalue weighted by atomic mass is 10.1. The van der Waals surface area contributed by atoms with Gasteiger partial charge in [0.15, 0.2) is 0 Å². The minimum absolute atomic E-state index is 0.336. The topological polar surface area (TPSA) is 33.1 Å². The molecule has 3 heteroatoms. The van der Waals surface area contributed by atoms with E-state index in [-0.39, 0.29) is 6.10 Å². The summed E-state index contributed by atoms with van der Waals surface area (Å²) < 4.78 is 0. The first-order chi connectivity index (χ1) is 6.84. The Morgan fingerprint density at radius 1 is 1.36 bits per heavy atom. The van der Waals surface area contributed by atoms with Crippen molar-refractivity contribution in [3.63, 3.8) is 0 Å². The molecule has 0 saturated carbocycles. The highest BCUT2D eigenvalue weighted by Crippen LogP contribution is 2.21. The first-order valence-electron chi connectivity index (χ1n) is 5.42. The second-order valence-corrected chi connectivity index (χ2v) is 4.52. The zero-order chi connectivity index (χ0) is 10.2. The fourth-order valence-electron chi connectivity index (χ4n) is 1.46. The van der Waals surface area contributed by atoms with Gasteiger partial charge in [-0.1, -0.05) is 39.0 Å².